The Bertz CT molecular complexity index is 1160. The first-order valence-electron chi connectivity index (χ1n) is 11.1. The largest absolute Gasteiger partial charge is 0.490 e. The number of nitrogens with one attached hydrogen (secondary N) is 1. The van der Waals surface area contributed by atoms with Gasteiger partial charge in [0.2, 0.25) is 0 Å². The van der Waals surface area contributed by atoms with Crippen molar-refractivity contribution < 1.29 is 23.9 Å². The second-order valence-corrected chi connectivity index (χ2v) is 9.34. The number of nitrogens with zero attached hydrogens (tertiary/aromatic N) is 1. The van der Waals surface area contributed by atoms with Gasteiger partial charge in [-0.1, -0.05) is 42.6 Å². The Morgan fingerprint density at radius 2 is 1.88 bits per heavy atom. The van der Waals surface area contributed by atoms with Gasteiger partial charge in [-0.3, -0.25) is 19.8 Å². The van der Waals surface area contributed by atoms with Crippen LogP contribution in [0.2, 0.25) is 5.02 Å². The highest BCUT2D eigenvalue weighted by Gasteiger charge is 2.40. The van der Waals surface area contributed by atoms with E-state index in [4.69, 9.17) is 21.1 Å². The predicted molar refractivity (Wildman–Crippen MR) is 132 cm³/mol. The number of carbonyl (C=O) groups is 3. The molecule has 4 rings (SSSR count). The van der Waals surface area contributed by atoms with Crippen LogP contribution < -0.4 is 14.8 Å². The number of urea groups is 1. The minimum absolute atomic E-state index is 0.0921. The molecule has 0 spiro atoms. The van der Waals surface area contributed by atoms with E-state index in [1.54, 1.807) is 18.2 Å². The quantitative estimate of drug-likeness (QED) is 0.366. The van der Waals surface area contributed by atoms with Crippen LogP contribution in [0.25, 0.3) is 6.08 Å². The SMILES string of the molecule is CCOc1cc(/C=C2\C(=O)NC(=O)N(C3CCCC3)C2=O)cc(Br)c1OCc1ccccc1Cl. The Kier molecular flexibility index (Phi) is 7.58. The molecule has 178 valence electrons. The summed E-state index contributed by atoms with van der Waals surface area (Å²) in [4.78, 5) is 39.1. The van der Waals surface area contributed by atoms with Gasteiger partial charge in [0, 0.05) is 16.6 Å². The van der Waals surface area contributed by atoms with Crippen molar-refractivity contribution in [3.63, 3.8) is 0 Å². The monoisotopic (exact) mass is 546 g/mol. The lowest BCUT2D eigenvalue weighted by Crippen LogP contribution is -2.57. The summed E-state index contributed by atoms with van der Waals surface area (Å²) in [5.74, 6) is -0.361. The van der Waals surface area contributed by atoms with Crippen LogP contribution in [0.3, 0.4) is 0 Å². The smallest absolute Gasteiger partial charge is 0.331 e. The van der Waals surface area contributed by atoms with E-state index < -0.39 is 17.8 Å². The first-order valence-corrected chi connectivity index (χ1v) is 12.3. The normalized spacial score (nSPS) is 17.9. The van der Waals surface area contributed by atoms with E-state index in [-0.39, 0.29) is 18.2 Å². The standard InChI is InChI=1S/C25H24BrClN2O5/c1-2-33-21-13-15(12-19(26)22(21)34-14-16-7-3-6-10-20(16)27)11-18-23(30)28-25(32)29(24(18)31)17-8-4-5-9-17/h3,6-7,10-13,17H,2,4-5,8-9,14H2,1H3,(H,28,30,32)/b18-11+. The van der Waals surface area contributed by atoms with Gasteiger partial charge in [0.15, 0.2) is 11.5 Å². The van der Waals surface area contributed by atoms with Crippen LogP contribution in [0.4, 0.5) is 4.79 Å². The summed E-state index contributed by atoms with van der Waals surface area (Å²) in [5, 5.41) is 2.89. The number of benzene rings is 2. The van der Waals surface area contributed by atoms with Crippen LogP contribution in [0.1, 0.15) is 43.7 Å². The van der Waals surface area contributed by atoms with Crippen LogP contribution >= 0.6 is 27.5 Å². The van der Waals surface area contributed by atoms with Crippen molar-refractivity contribution in [1.29, 1.82) is 0 Å². The Labute approximate surface area is 211 Å². The molecule has 2 fully saturated rings. The number of rotatable bonds is 7. The summed E-state index contributed by atoms with van der Waals surface area (Å²) in [6.07, 6.45) is 4.87. The molecular weight excluding hydrogens is 524 g/mol. The summed E-state index contributed by atoms with van der Waals surface area (Å²) in [6, 6.07) is 9.98. The van der Waals surface area contributed by atoms with E-state index in [1.807, 2.05) is 25.1 Å². The van der Waals surface area contributed by atoms with Crippen LogP contribution in [0.5, 0.6) is 11.5 Å². The molecule has 0 bridgehead atoms. The lowest BCUT2D eigenvalue weighted by atomic mass is 10.0. The summed E-state index contributed by atoms with van der Waals surface area (Å²) in [5.41, 5.74) is 1.29. The third kappa shape index (κ3) is 5.13. The van der Waals surface area contributed by atoms with E-state index in [0.717, 1.165) is 31.2 Å². The molecule has 0 radical (unpaired) electrons. The second-order valence-electron chi connectivity index (χ2n) is 8.07. The van der Waals surface area contributed by atoms with Gasteiger partial charge in [-0.05, 0) is 65.5 Å². The van der Waals surface area contributed by atoms with E-state index in [9.17, 15) is 14.4 Å². The Hall–Kier alpha value is -2.84. The van der Waals surface area contributed by atoms with Crippen LogP contribution in [0, 0.1) is 0 Å². The van der Waals surface area contributed by atoms with Crippen molar-refractivity contribution in [2.75, 3.05) is 6.61 Å². The minimum atomic E-state index is -0.711. The molecular formula is C25H24BrClN2O5. The maximum atomic E-state index is 13.1. The molecule has 34 heavy (non-hydrogen) atoms. The second kappa shape index (κ2) is 10.6. The van der Waals surface area contributed by atoms with Crippen molar-refractivity contribution in [2.45, 2.75) is 45.3 Å². The summed E-state index contributed by atoms with van der Waals surface area (Å²) < 4.78 is 12.4. The number of imide groups is 2. The predicted octanol–water partition coefficient (Wildman–Crippen LogP) is 5.48. The van der Waals surface area contributed by atoms with E-state index >= 15 is 0 Å². The maximum absolute atomic E-state index is 13.1. The fraction of sp³-hybridized carbons (Fsp3) is 0.320. The highest BCUT2D eigenvalue weighted by Crippen LogP contribution is 2.38. The van der Waals surface area contributed by atoms with Gasteiger partial charge >= 0.3 is 6.03 Å². The molecule has 1 aliphatic carbocycles. The van der Waals surface area contributed by atoms with Gasteiger partial charge < -0.3 is 9.47 Å². The molecule has 1 aliphatic heterocycles. The third-order valence-electron chi connectivity index (χ3n) is 5.80. The maximum Gasteiger partial charge on any atom is 0.331 e. The van der Waals surface area contributed by atoms with Gasteiger partial charge in [0.05, 0.1) is 11.1 Å². The molecule has 1 heterocycles. The molecule has 1 saturated carbocycles. The van der Waals surface area contributed by atoms with Crippen molar-refractivity contribution in [2.24, 2.45) is 0 Å². The lowest BCUT2D eigenvalue weighted by Gasteiger charge is -2.31. The van der Waals surface area contributed by atoms with Crippen molar-refractivity contribution in [3.05, 3.63) is 62.6 Å². The van der Waals surface area contributed by atoms with Gasteiger partial charge in [0.1, 0.15) is 12.2 Å². The first-order chi connectivity index (χ1) is 16.4. The number of carbonyl (C=O) groups excluding carboxylic acids is 3. The number of hydrogen-bond donors (Lipinski definition) is 1. The van der Waals surface area contributed by atoms with Gasteiger partial charge in [0.25, 0.3) is 11.8 Å². The minimum Gasteiger partial charge on any atom is -0.490 e. The topological polar surface area (TPSA) is 84.9 Å². The average molecular weight is 548 g/mol. The van der Waals surface area contributed by atoms with E-state index in [1.165, 1.54) is 11.0 Å². The molecule has 2 aliphatic rings. The number of amides is 4. The summed E-state index contributed by atoms with van der Waals surface area (Å²) in [6.45, 7) is 2.47. The molecule has 0 atom stereocenters. The highest BCUT2D eigenvalue weighted by molar-refractivity contribution is 9.10. The molecule has 1 N–H and O–H groups in total. The molecule has 4 amide bonds. The van der Waals surface area contributed by atoms with Gasteiger partial charge in [-0.15, -0.1) is 0 Å². The van der Waals surface area contributed by atoms with Crippen LogP contribution in [0.15, 0.2) is 46.4 Å². The zero-order chi connectivity index (χ0) is 24.2. The number of halogens is 2. The molecule has 2 aromatic carbocycles. The van der Waals surface area contributed by atoms with Crippen molar-refractivity contribution >= 4 is 51.5 Å². The lowest BCUT2D eigenvalue weighted by molar-refractivity contribution is -0.131. The molecule has 2 aromatic rings. The number of ether oxygens (including phenoxy) is 2. The zero-order valence-electron chi connectivity index (χ0n) is 18.6. The zero-order valence-corrected chi connectivity index (χ0v) is 20.9. The Morgan fingerprint density at radius 1 is 1.15 bits per heavy atom. The Morgan fingerprint density at radius 3 is 2.59 bits per heavy atom. The van der Waals surface area contributed by atoms with E-state index in [0.29, 0.717) is 33.2 Å². The van der Waals surface area contributed by atoms with Crippen LogP contribution in [-0.2, 0) is 16.2 Å². The molecule has 9 heteroatoms. The van der Waals surface area contributed by atoms with Gasteiger partial charge in [-0.25, -0.2) is 4.79 Å². The number of barbiturate groups is 1. The van der Waals surface area contributed by atoms with Crippen LogP contribution in [-0.4, -0.2) is 35.4 Å². The van der Waals surface area contributed by atoms with Gasteiger partial charge in [-0.2, -0.15) is 0 Å². The Balaban J connectivity index is 1.63. The van der Waals surface area contributed by atoms with E-state index in [2.05, 4.69) is 21.2 Å². The van der Waals surface area contributed by atoms with Crippen molar-refractivity contribution in [3.8, 4) is 11.5 Å². The molecule has 1 saturated heterocycles. The molecule has 0 unspecified atom stereocenters. The summed E-state index contributed by atoms with van der Waals surface area (Å²) >= 11 is 9.75. The molecule has 0 aromatic heterocycles. The highest BCUT2D eigenvalue weighted by atomic mass is 79.9. The fourth-order valence-corrected chi connectivity index (χ4v) is 4.94. The first kappa shape index (κ1) is 24.3. The third-order valence-corrected chi connectivity index (χ3v) is 6.75. The molecule has 7 nitrogen and oxygen atoms in total. The number of hydrogen-bond acceptors (Lipinski definition) is 5. The average Bonchev–Trinajstić information content (AvgIpc) is 3.31. The summed E-state index contributed by atoms with van der Waals surface area (Å²) in [7, 11) is 0. The fourth-order valence-electron chi connectivity index (χ4n) is 4.17. The van der Waals surface area contributed by atoms with Crippen molar-refractivity contribution in [1.82, 2.24) is 10.2 Å².